The summed E-state index contributed by atoms with van der Waals surface area (Å²) < 4.78 is 10.0. The molecular formula is C24H35N3O11. The Bertz CT molecular complexity index is 923. The average Bonchev–Trinajstić information content (AvgIpc) is 2.81. The highest BCUT2D eigenvalue weighted by Crippen LogP contribution is 2.16. The Labute approximate surface area is 219 Å². The van der Waals surface area contributed by atoms with Crippen molar-refractivity contribution in [2.75, 3.05) is 66.1 Å². The molecule has 0 bridgehead atoms. The number of aliphatic carboxylic acids is 4. The highest BCUT2D eigenvalue weighted by atomic mass is 16.5. The van der Waals surface area contributed by atoms with Gasteiger partial charge in [0, 0.05) is 25.7 Å². The Hall–Kier alpha value is -3.75. The van der Waals surface area contributed by atoms with Crippen LogP contribution in [-0.2, 0) is 35.1 Å². The molecule has 1 rings (SSSR count). The molecule has 1 aromatic carbocycles. The van der Waals surface area contributed by atoms with E-state index in [9.17, 15) is 39.3 Å². The number of esters is 1. The molecule has 0 heterocycles. The molecule has 1 aromatic rings. The van der Waals surface area contributed by atoms with Crippen LogP contribution in [0.25, 0.3) is 0 Å². The van der Waals surface area contributed by atoms with Crippen molar-refractivity contribution in [2.45, 2.75) is 19.4 Å². The Kier molecular flexibility index (Phi) is 14.3. The van der Waals surface area contributed by atoms with Crippen molar-refractivity contribution in [3.05, 3.63) is 29.8 Å². The van der Waals surface area contributed by atoms with E-state index >= 15 is 0 Å². The smallest absolute Gasteiger partial charge is 0.319 e. The minimum Gasteiger partial charge on any atom is -0.494 e. The molecule has 14 nitrogen and oxygen atoms in total. The van der Waals surface area contributed by atoms with E-state index in [1.165, 1.54) is 14.7 Å². The number of hydrogen-bond acceptors (Lipinski definition) is 10. The lowest BCUT2D eigenvalue weighted by molar-refractivity contribution is -0.145. The summed E-state index contributed by atoms with van der Waals surface area (Å²) in [7, 11) is 1.16. The summed E-state index contributed by atoms with van der Waals surface area (Å²) in [4.78, 5) is 61.5. The van der Waals surface area contributed by atoms with E-state index in [0.717, 1.165) is 12.7 Å². The van der Waals surface area contributed by atoms with Crippen LogP contribution in [0.3, 0.4) is 0 Å². The molecule has 0 spiro atoms. The van der Waals surface area contributed by atoms with E-state index in [2.05, 4.69) is 4.74 Å². The van der Waals surface area contributed by atoms with Crippen molar-refractivity contribution < 1.29 is 53.9 Å². The molecule has 0 amide bonds. The number of carboxylic acid groups (broad SMARTS) is 4. The third kappa shape index (κ3) is 13.5. The van der Waals surface area contributed by atoms with Crippen LogP contribution in [-0.4, -0.2) is 137 Å². The first-order valence-electron chi connectivity index (χ1n) is 11.8. The van der Waals surface area contributed by atoms with Gasteiger partial charge in [-0.2, -0.15) is 0 Å². The van der Waals surface area contributed by atoms with Gasteiger partial charge >= 0.3 is 29.8 Å². The number of carbonyl (C=O) groups is 5. The van der Waals surface area contributed by atoms with E-state index in [0.29, 0.717) is 12.4 Å². The van der Waals surface area contributed by atoms with Gasteiger partial charge in [-0.15, -0.1) is 0 Å². The summed E-state index contributed by atoms with van der Waals surface area (Å²) in [6.07, 6.45) is 0.198. The molecule has 14 heteroatoms. The van der Waals surface area contributed by atoms with Gasteiger partial charge in [-0.05, 0) is 31.0 Å². The van der Waals surface area contributed by atoms with Gasteiger partial charge < -0.3 is 29.9 Å². The summed E-state index contributed by atoms with van der Waals surface area (Å²) in [5.41, 5.74) is 0.743. The van der Waals surface area contributed by atoms with Crippen LogP contribution in [0.5, 0.6) is 5.75 Å². The lowest BCUT2D eigenvalue weighted by Gasteiger charge is -2.34. The molecule has 4 N–H and O–H groups in total. The predicted molar refractivity (Wildman–Crippen MR) is 132 cm³/mol. The summed E-state index contributed by atoms with van der Waals surface area (Å²) in [5, 5.41) is 37.4. The van der Waals surface area contributed by atoms with E-state index in [1.54, 1.807) is 24.3 Å². The Balaban J connectivity index is 3.21. The molecule has 0 saturated carbocycles. The fraction of sp³-hybridized carbons (Fsp3) is 0.542. The first kappa shape index (κ1) is 32.3. The fourth-order valence-electron chi connectivity index (χ4n) is 3.79. The van der Waals surface area contributed by atoms with Crippen molar-refractivity contribution in [3.63, 3.8) is 0 Å². The summed E-state index contributed by atoms with van der Waals surface area (Å²) in [5.74, 6) is -4.93. The lowest BCUT2D eigenvalue weighted by Crippen LogP contribution is -2.51. The second kappa shape index (κ2) is 16.9. The highest BCUT2D eigenvalue weighted by molar-refractivity contribution is 5.74. The minimum absolute atomic E-state index is 0.00430. The molecule has 0 aromatic heterocycles. The number of benzene rings is 1. The third-order valence-corrected chi connectivity index (χ3v) is 5.40. The number of nitrogens with zero attached hydrogens (tertiary/aromatic N) is 3. The molecule has 1 atom stereocenters. The van der Waals surface area contributed by atoms with Crippen LogP contribution in [0.15, 0.2) is 24.3 Å². The van der Waals surface area contributed by atoms with E-state index in [4.69, 9.17) is 9.84 Å². The third-order valence-electron chi connectivity index (χ3n) is 5.40. The van der Waals surface area contributed by atoms with Crippen molar-refractivity contribution in [3.8, 4) is 5.75 Å². The first-order chi connectivity index (χ1) is 17.9. The van der Waals surface area contributed by atoms with Crippen LogP contribution in [0.4, 0.5) is 0 Å². The zero-order valence-corrected chi connectivity index (χ0v) is 21.4. The Morgan fingerprint density at radius 3 is 1.74 bits per heavy atom. The Morgan fingerprint density at radius 2 is 1.26 bits per heavy atom. The van der Waals surface area contributed by atoms with Gasteiger partial charge in [0.1, 0.15) is 5.75 Å². The molecule has 0 aliphatic carbocycles. The van der Waals surface area contributed by atoms with Gasteiger partial charge in [-0.1, -0.05) is 12.1 Å². The van der Waals surface area contributed by atoms with Gasteiger partial charge in [-0.3, -0.25) is 38.7 Å². The molecule has 0 saturated heterocycles. The van der Waals surface area contributed by atoms with Gasteiger partial charge in [0.2, 0.25) is 0 Å². The van der Waals surface area contributed by atoms with Gasteiger partial charge in [0.05, 0.1) is 46.4 Å². The van der Waals surface area contributed by atoms with Gasteiger partial charge in [0.25, 0.3) is 0 Å². The molecule has 0 unspecified atom stereocenters. The number of ether oxygens (including phenoxy) is 2. The average molecular weight is 542 g/mol. The second-order valence-electron chi connectivity index (χ2n) is 8.44. The fourth-order valence-corrected chi connectivity index (χ4v) is 3.79. The maximum absolute atomic E-state index is 11.7. The molecule has 212 valence electrons. The zero-order chi connectivity index (χ0) is 28.7. The van der Waals surface area contributed by atoms with E-state index in [-0.39, 0.29) is 32.6 Å². The van der Waals surface area contributed by atoms with Crippen molar-refractivity contribution in [1.29, 1.82) is 0 Å². The number of hydrogen-bond donors (Lipinski definition) is 4. The summed E-state index contributed by atoms with van der Waals surface area (Å²) in [6, 6.07) is 6.22. The Morgan fingerprint density at radius 1 is 0.763 bits per heavy atom. The van der Waals surface area contributed by atoms with Crippen molar-refractivity contribution in [1.82, 2.24) is 14.7 Å². The largest absolute Gasteiger partial charge is 0.494 e. The summed E-state index contributed by atoms with van der Waals surface area (Å²) in [6.45, 7) is -0.242. The molecule has 0 radical (unpaired) electrons. The molecule has 0 aliphatic heterocycles. The molecular weight excluding hydrogens is 506 g/mol. The van der Waals surface area contributed by atoms with Gasteiger partial charge in [-0.25, -0.2) is 0 Å². The van der Waals surface area contributed by atoms with Gasteiger partial charge in [0.15, 0.2) is 0 Å². The zero-order valence-electron chi connectivity index (χ0n) is 21.4. The normalized spacial score (nSPS) is 11.9. The van der Waals surface area contributed by atoms with Crippen LogP contribution in [0.1, 0.15) is 12.5 Å². The van der Waals surface area contributed by atoms with Crippen molar-refractivity contribution in [2.24, 2.45) is 0 Å². The predicted octanol–water partition coefficient (Wildman–Crippen LogP) is -0.586. The summed E-state index contributed by atoms with van der Waals surface area (Å²) >= 11 is 0. The molecule has 0 fully saturated rings. The first-order valence-corrected chi connectivity index (χ1v) is 11.8. The minimum atomic E-state index is -1.25. The standard InChI is InChI=1S/C24H35N3O11/c1-3-38-19-6-4-17(5-7-19)10-18(27(14-22(32)33)15-23(34)35)11-25(12-20(28)29)8-9-26(13-21(30)31)16-24(36)37-2/h4-7,18H,3,8-16H2,1-2H3,(H,28,29)(H,30,31)(H,32,33)(H,34,35)/t18-/m0/s1. The highest BCUT2D eigenvalue weighted by Gasteiger charge is 2.27. The number of methoxy groups -OCH3 is 1. The van der Waals surface area contributed by atoms with E-state index < -0.39 is 62.1 Å². The van der Waals surface area contributed by atoms with Crippen molar-refractivity contribution >= 4 is 29.8 Å². The van der Waals surface area contributed by atoms with Crippen LogP contribution in [0.2, 0.25) is 0 Å². The quantitative estimate of drug-likeness (QED) is 0.153. The maximum Gasteiger partial charge on any atom is 0.319 e. The molecule has 38 heavy (non-hydrogen) atoms. The monoisotopic (exact) mass is 541 g/mol. The number of carboxylic acids is 4. The van der Waals surface area contributed by atoms with Crippen LogP contribution >= 0.6 is 0 Å². The lowest BCUT2D eigenvalue weighted by atomic mass is 10.0. The number of rotatable bonds is 20. The van der Waals surface area contributed by atoms with Crippen LogP contribution in [0, 0.1) is 0 Å². The topological polar surface area (TPSA) is 194 Å². The molecule has 0 aliphatic rings. The van der Waals surface area contributed by atoms with Crippen LogP contribution < -0.4 is 4.74 Å². The second-order valence-corrected chi connectivity index (χ2v) is 8.44. The number of carbonyl (C=O) groups excluding carboxylic acids is 1. The van der Waals surface area contributed by atoms with E-state index in [1.807, 2.05) is 6.92 Å². The maximum atomic E-state index is 11.7. The SMILES string of the molecule is CCOc1ccc(C[C@@H](CN(CCN(CC(=O)O)CC(=O)OC)CC(=O)O)N(CC(=O)O)CC(=O)O)cc1.